The predicted molar refractivity (Wildman–Crippen MR) is 138 cm³/mol. The minimum Gasteiger partial charge on any atom is -0.507 e. The lowest BCUT2D eigenvalue weighted by Gasteiger charge is -2.26. The van der Waals surface area contributed by atoms with Gasteiger partial charge in [0.05, 0.1) is 39.6 Å². The van der Waals surface area contributed by atoms with Gasteiger partial charge in [-0.2, -0.15) is 0 Å². The predicted octanol–water partition coefficient (Wildman–Crippen LogP) is 4.73. The number of carbonyl (C=O) groups is 2. The Balaban J connectivity index is 1.91. The Morgan fingerprint density at radius 2 is 1.51 bits per heavy atom. The summed E-state index contributed by atoms with van der Waals surface area (Å²) in [7, 11) is 4.47. The molecule has 8 nitrogen and oxygen atoms in total. The fourth-order valence-corrected chi connectivity index (χ4v) is 4.46. The second-order valence-electron chi connectivity index (χ2n) is 8.33. The van der Waals surface area contributed by atoms with Crippen LogP contribution < -0.4 is 18.9 Å². The maximum absolute atomic E-state index is 13.4. The van der Waals surface area contributed by atoms with Crippen molar-refractivity contribution >= 4 is 17.4 Å². The van der Waals surface area contributed by atoms with Crippen molar-refractivity contribution in [3.63, 3.8) is 0 Å². The van der Waals surface area contributed by atoms with E-state index in [0.29, 0.717) is 40.7 Å². The van der Waals surface area contributed by atoms with Gasteiger partial charge in [-0.05, 0) is 54.4 Å². The van der Waals surface area contributed by atoms with Gasteiger partial charge in [0, 0.05) is 12.1 Å². The molecule has 0 saturated carbocycles. The Morgan fingerprint density at radius 3 is 2.05 bits per heavy atom. The molecule has 0 bridgehead atoms. The first-order valence-electron chi connectivity index (χ1n) is 11.8. The molecule has 1 unspecified atom stereocenters. The molecule has 4 rings (SSSR count). The van der Waals surface area contributed by atoms with E-state index in [9.17, 15) is 14.7 Å². The monoisotopic (exact) mass is 503 g/mol. The highest BCUT2D eigenvalue weighted by atomic mass is 16.5. The van der Waals surface area contributed by atoms with Crippen molar-refractivity contribution in [1.82, 2.24) is 4.90 Å². The smallest absolute Gasteiger partial charge is 0.295 e. The van der Waals surface area contributed by atoms with Crippen molar-refractivity contribution in [3.05, 3.63) is 89.0 Å². The summed E-state index contributed by atoms with van der Waals surface area (Å²) in [5, 5.41) is 11.4. The lowest BCUT2D eigenvalue weighted by atomic mass is 9.94. The average molecular weight is 504 g/mol. The molecule has 0 spiro atoms. The van der Waals surface area contributed by atoms with E-state index in [1.807, 2.05) is 37.3 Å². The zero-order valence-electron chi connectivity index (χ0n) is 21.2. The third kappa shape index (κ3) is 4.95. The molecule has 0 aromatic heterocycles. The summed E-state index contributed by atoms with van der Waals surface area (Å²) in [5.74, 6) is -0.0386. The van der Waals surface area contributed by atoms with Crippen molar-refractivity contribution in [2.75, 3.05) is 27.9 Å². The first-order valence-corrected chi connectivity index (χ1v) is 11.8. The number of hydrogen-bond donors (Lipinski definition) is 1. The lowest BCUT2D eigenvalue weighted by Crippen LogP contribution is -2.29. The van der Waals surface area contributed by atoms with Gasteiger partial charge in [0.25, 0.3) is 11.7 Å². The van der Waals surface area contributed by atoms with E-state index >= 15 is 0 Å². The van der Waals surface area contributed by atoms with Crippen molar-refractivity contribution in [2.45, 2.75) is 19.5 Å². The van der Waals surface area contributed by atoms with E-state index in [-0.39, 0.29) is 17.9 Å². The molecule has 1 aliphatic rings. The van der Waals surface area contributed by atoms with E-state index in [4.69, 9.17) is 18.9 Å². The Labute approximate surface area is 215 Å². The zero-order chi connectivity index (χ0) is 26.5. The molecule has 192 valence electrons. The summed E-state index contributed by atoms with van der Waals surface area (Å²) in [6, 6.07) is 18.5. The van der Waals surface area contributed by atoms with Crippen LogP contribution in [-0.2, 0) is 16.1 Å². The molecule has 1 aliphatic heterocycles. The Bertz CT molecular complexity index is 1290. The lowest BCUT2D eigenvalue weighted by molar-refractivity contribution is -0.140. The quantitative estimate of drug-likeness (QED) is 0.256. The number of aliphatic hydroxyl groups is 1. The first-order chi connectivity index (χ1) is 17.9. The van der Waals surface area contributed by atoms with E-state index < -0.39 is 17.7 Å². The molecule has 3 aromatic rings. The number of aliphatic hydroxyl groups excluding tert-OH is 1. The summed E-state index contributed by atoms with van der Waals surface area (Å²) < 4.78 is 22.0. The van der Waals surface area contributed by atoms with Crippen LogP contribution in [0.5, 0.6) is 23.0 Å². The topological polar surface area (TPSA) is 94.5 Å². The average Bonchev–Trinajstić information content (AvgIpc) is 3.17. The fourth-order valence-electron chi connectivity index (χ4n) is 4.46. The number of likely N-dealkylation sites (tertiary alicyclic amines) is 1. The SMILES string of the molecule is CCOc1ccc(C(O)=C2C(=O)C(=O)N(Cc3ccccc3)C2c2cc(OC)c(OC)c(OC)c2)cc1. The maximum atomic E-state index is 13.4. The van der Waals surface area contributed by atoms with Crippen LogP contribution in [-0.4, -0.2) is 49.6 Å². The van der Waals surface area contributed by atoms with E-state index in [2.05, 4.69) is 0 Å². The number of ether oxygens (including phenoxy) is 4. The summed E-state index contributed by atoms with van der Waals surface area (Å²) in [4.78, 5) is 28.2. The standard InChI is InChI=1S/C29H29NO7/c1-5-37-21-13-11-19(12-14-21)26(31)24-25(20-15-22(34-2)28(36-4)23(16-20)35-3)30(29(33)27(24)32)17-18-9-7-6-8-10-18/h6-16,25,31H,5,17H2,1-4H3. The molecular weight excluding hydrogens is 474 g/mol. The molecule has 1 saturated heterocycles. The molecule has 3 aromatic carbocycles. The molecule has 0 aliphatic carbocycles. The largest absolute Gasteiger partial charge is 0.507 e. The van der Waals surface area contributed by atoms with Crippen LogP contribution in [0.2, 0.25) is 0 Å². The number of hydrogen-bond acceptors (Lipinski definition) is 7. The number of amides is 1. The number of nitrogens with zero attached hydrogens (tertiary/aromatic N) is 1. The highest BCUT2D eigenvalue weighted by Gasteiger charge is 2.46. The van der Waals surface area contributed by atoms with Crippen LogP contribution in [0, 0.1) is 0 Å². The Morgan fingerprint density at radius 1 is 0.892 bits per heavy atom. The number of benzene rings is 3. The molecule has 8 heteroatoms. The number of methoxy groups -OCH3 is 3. The molecular formula is C29H29NO7. The van der Waals surface area contributed by atoms with Gasteiger partial charge in [0.1, 0.15) is 11.5 Å². The van der Waals surface area contributed by atoms with E-state index in [1.165, 1.54) is 26.2 Å². The fraction of sp³-hybridized carbons (Fsp3) is 0.241. The maximum Gasteiger partial charge on any atom is 0.295 e. The van der Waals surface area contributed by atoms with E-state index in [0.717, 1.165) is 5.56 Å². The molecule has 37 heavy (non-hydrogen) atoms. The van der Waals surface area contributed by atoms with Crippen LogP contribution in [0.3, 0.4) is 0 Å². The first kappa shape index (κ1) is 25.6. The van der Waals surface area contributed by atoms with Gasteiger partial charge >= 0.3 is 0 Å². The molecule has 0 radical (unpaired) electrons. The highest BCUT2D eigenvalue weighted by molar-refractivity contribution is 6.46. The van der Waals surface area contributed by atoms with Gasteiger partial charge in [0.2, 0.25) is 5.75 Å². The van der Waals surface area contributed by atoms with Gasteiger partial charge < -0.3 is 29.0 Å². The second-order valence-corrected chi connectivity index (χ2v) is 8.33. The minimum absolute atomic E-state index is 0.0284. The van der Waals surface area contributed by atoms with E-state index in [1.54, 1.807) is 36.4 Å². The third-order valence-corrected chi connectivity index (χ3v) is 6.18. The van der Waals surface area contributed by atoms with Gasteiger partial charge in [-0.1, -0.05) is 30.3 Å². The van der Waals surface area contributed by atoms with Crippen LogP contribution in [0.1, 0.15) is 29.7 Å². The van der Waals surface area contributed by atoms with Crippen LogP contribution in [0.15, 0.2) is 72.3 Å². The molecule has 1 amide bonds. The van der Waals surface area contributed by atoms with Crippen LogP contribution >= 0.6 is 0 Å². The highest BCUT2D eigenvalue weighted by Crippen LogP contribution is 2.46. The van der Waals surface area contributed by atoms with Crippen molar-refractivity contribution in [3.8, 4) is 23.0 Å². The second kappa shape index (κ2) is 11.1. The summed E-state index contributed by atoms with van der Waals surface area (Å²) >= 11 is 0. The number of rotatable bonds is 9. The van der Waals surface area contributed by atoms with Crippen molar-refractivity contribution in [1.29, 1.82) is 0 Å². The van der Waals surface area contributed by atoms with Crippen molar-refractivity contribution < 1.29 is 33.6 Å². The summed E-state index contributed by atoms with van der Waals surface area (Å²) in [6.45, 7) is 2.53. The number of carbonyl (C=O) groups excluding carboxylic acids is 2. The minimum atomic E-state index is -0.902. The number of Topliss-reactive ketones (excluding diaryl/α,β-unsaturated/α-hetero) is 1. The summed E-state index contributed by atoms with van der Waals surface area (Å²) in [5.41, 5.74) is 1.72. The Kier molecular flexibility index (Phi) is 7.67. The summed E-state index contributed by atoms with van der Waals surface area (Å²) in [6.07, 6.45) is 0. The Hall–Kier alpha value is -4.46. The van der Waals surface area contributed by atoms with Crippen LogP contribution in [0.25, 0.3) is 5.76 Å². The van der Waals surface area contributed by atoms with Crippen molar-refractivity contribution in [2.24, 2.45) is 0 Å². The van der Waals surface area contributed by atoms with Gasteiger partial charge in [-0.25, -0.2) is 0 Å². The molecule has 1 heterocycles. The van der Waals surface area contributed by atoms with Gasteiger partial charge in [-0.15, -0.1) is 0 Å². The third-order valence-electron chi connectivity index (χ3n) is 6.18. The molecule has 1 fully saturated rings. The molecule has 1 atom stereocenters. The van der Waals surface area contributed by atoms with Gasteiger partial charge in [-0.3, -0.25) is 9.59 Å². The molecule has 1 N–H and O–H groups in total. The zero-order valence-corrected chi connectivity index (χ0v) is 21.2. The number of ketones is 1. The normalized spacial score (nSPS) is 16.5. The van der Waals surface area contributed by atoms with Gasteiger partial charge in [0.15, 0.2) is 11.5 Å². The van der Waals surface area contributed by atoms with Crippen LogP contribution in [0.4, 0.5) is 0 Å².